The van der Waals surface area contributed by atoms with Crippen LogP contribution in [0.15, 0.2) is 24.3 Å². The molecule has 6 nitrogen and oxygen atoms in total. The van der Waals surface area contributed by atoms with Crippen molar-refractivity contribution in [3.63, 3.8) is 0 Å². The van der Waals surface area contributed by atoms with E-state index in [4.69, 9.17) is 4.74 Å². The van der Waals surface area contributed by atoms with Crippen LogP contribution < -0.4 is 5.32 Å². The van der Waals surface area contributed by atoms with Crippen LogP contribution >= 0.6 is 11.3 Å². The molecular weight excluding hydrogens is 376 g/mol. The van der Waals surface area contributed by atoms with Crippen LogP contribution in [0.25, 0.3) is 0 Å². The number of hydrogen-bond acceptors (Lipinski definition) is 5. The Morgan fingerprint density at radius 1 is 1.18 bits per heavy atom. The van der Waals surface area contributed by atoms with E-state index < -0.39 is 11.9 Å². The summed E-state index contributed by atoms with van der Waals surface area (Å²) in [5, 5.41) is 2.81. The number of nitrogens with one attached hydrogen (secondary N) is 1. The van der Waals surface area contributed by atoms with Crippen molar-refractivity contribution in [2.45, 2.75) is 33.1 Å². The van der Waals surface area contributed by atoms with Gasteiger partial charge in [0.1, 0.15) is 4.88 Å². The van der Waals surface area contributed by atoms with Crippen molar-refractivity contribution >= 4 is 34.8 Å². The second kappa shape index (κ2) is 8.56. The number of amides is 2. The molecule has 28 heavy (non-hydrogen) atoms. The average Bonchev–Trinajstić information content (AvgIpc) is 3.24. The van der Waals surface area contributed by atoms with E-state index in [1.807, 2.05) is 38.1 Å². The summed E-state index contributed by atoms with van der Waals surface area (Å²) >= 11 is 1.44. The normalized spacial score (nSPS) is 12.4. The summed E-state index contributed by atoms with van der Waals surface area (Å²) in [7, 11) is 1.51. The fraction of sp³-hybridized carbons (Fsp3) is 0.381. The Bertz CT molecular complexity index is 898. The Morgan fingerprint density at radius 2 is 1.96 bits per heavy atom. The number of hydrogen-bond donors (Lipinski definition) is 1. The summed E-state index contributed by atoms with van der Waals surface area (Å²) in [6, 6.07) is 7.65. The van der Waals surface area contributed by atoms with Crippen LogP contribution in [0.2, 0.25) is 0 Å². The van der Waals surface area contributed by atoms with Gasteiger partial charge in [-0.1, -0.05) is 12.1 Å². The third-order valence-corrected chi connectivity index (χ3v) is 5.97. The maximum Gasteiger partial charge on any atom is 0.348 e. The fourth-order valence-corrected chi connectivity index (χ4v) is 4.25. The van der Waals surface area contributed by atoms with Crippen LogP contribution in [-0.2, 0) is 27.2 Å². The number of rotatable bonds is 6. The Morgan fingerprint density at radius 3 is 2.71 bits per heavy atom. The summed E-state index contributed by atoms with van der Waals surface area (Å²) in [5.41, 5.74) is 3.92. The lowest BCUT2D eigenvalue weighted by atomic mass is 10.1. The molecule has 0 saturated carbocycles. The SMILES string of the molecule is Cc1ccc(C)c(NC(=O)CN(C)C(=O)COC(=O)c2cc3c(s2)CCC3)c1. The maximum absolute atomic E-state index is 12.2. The van der Waals surface area contributed by atoms with Gasteiger partial charge in [-0.15, -0.1) is 11.3 Å². The molecule has 1 heterocycles. The molecule has 3 rings (SSSR count). The molecule has 2 amide bonds. The number of carbonyl (C=O) groups is 3. The van der Waals surface area contributed by atoms with E-state index in [1.165, 1.54) is 33.7 Å². The zero-order chi connectivity index (χ0) is 20.3. The third kappa shape index (κ3) is 4.78. The molecule has 2 aromatic rings. The molecule has 0 unspecified atom stereocenters. The number of esters is 1. The van der Waals surface area contributed by atoms with Crippen molar-refractivity contribution in [3.05, 3.63) is 50.7 Å². The fourth-order valence-electron chi connectivity index (χ4n) is 3.10. The van der Waals surface area contributed by atoms with Gasteiger partial charge in [-0.2, -0.15) is 0 Å². The standard InChI is InChI=1S/C21H24N2O4S/c1-13-7-8-14(2)16(9-13)22-19(24)11-23(3)20(25)12-27-21(26)18-10-15-5-4-6-17(15)28-18/h7-10H,4-6,11-12H2,1-3H3,(H,22,24). The molecule has 0 bridgehead atoms. The van der Waals surface area contributed by atoms with Crippen molar-refractivity contribution in [2.24, 2.45) is 0 Å². The summed E-state index contributed by atoms with van der Waals surface area (Å²) < 4.78 is 5.13. The Labute approximate surface area is 168 Å². The van der Waals surface area contributed by atoms with Gasteiger partial charge in [-0.25, -0.2) is 4.79 Å². The number of fused-ring (bicyclic) bond motifs is 1. The molecule has 1 N–H and O–H groups in total. The van der Waals surface area contributed by atoms with Gasteiger partial charge in [0.05, 0.1) is 6.54 Å². The minimum atomic E-state index is -0.485. The lowest BCUT2D eigenvalue weighted by Gasteiger charge is -2.17. The summed E-state index contributed by atoms with van der Waals surface area (Å²) in [6.45, 7) is 3.36. The Hall–Kier alpha value is -2.67. The minimum Gasteiger partial charge on any atom is -0.451 e. The van der Waals surface area contributed by atoms with E-state index in [-0.39, 0.29) is 19.1 Å². The van der Waals surface area contributed by atoms with Crippen LogP contribution in [0.3, 0.4) is 0 Å². The summed E-state index contributed by atoms with van der Waals surface area (Å²) in [6.07, 6.45) is 3.13. The van der Waals surface area contributed by atoms with E-state index in [0.29, 0.717) is 4.88 Å². The molecule has 1 aliphatic carbocycles. The molecule has 0 spiro atoms. The number of likely N-dealkylation sites (N-methyl/N-ethyl adjacent to an activating group) is 1. The highest BCUT2D eigenvalue weighted by Crippen LogP contribution is 2.30. The highest BCUT2D eigenvalue weighted by Gasteiger charge is 2.21. The molecule has 0 fully saturated rings. The smallest absolute Gasteiger partial charge is 0.348 e. The first kappa shape index (κ1) is 20.1. The third-order valence-electron chi connectivity index (χ3n) is 4.75. The van der Waals surface area contributed by atoms with Crippen LogP contribution in [0, 0.1) is 13.8 Å². The largest absolute Gasteiger partial charge is 0.451 e. The Kier molecular flexibility index (Phi) is 6.14. The van der Waals surface area contributed by atoms with Gasteiger partial charge in [0.15, 0.2) is 6.61 Å². The molecule has 1 aromatic carbocycles. The maximum atomic E-state index is 12.2. The van der Waals surface area contributed by atoms with Gasteiger partial charge in [0, 0.05) is 17.6 Å². The van der Waals surface area contributed by atoms with Gasteiger partial charge < -0.3 is 15.0 Å². The molecule has 0 saturated heterocycles. The minimum absolute atomic E-state index is 0.114. The van der Waals surface area contributed by atoms with Crippen LogP contribution in [0.1, 0.15) is 37.7 Å². The second-order valence-corrected chi connectivity index (χ2v) is 8.24. The van der Waals surface area contributed by atoms with Crippen LogP contribution in [0.5, 0.6) is 0 Å². The monoisotopic (exact) mass is 400 g/mol. The average molecular weight is 401 g/mol. The number of nitrogens with zero attached hydrogens (tertiary/aromatic N) is 1. The molecule has 1 aromatic heterocycles. The van der Waals surface area contributed by atoms with Gasteiger partial charge in [-0.3, -0.25) is 9.59 Å². The number of thiophene rings is 1. The topological polar surface area (TPSA) is 75.7 Å². The highest BCUT2D eigenvalue weighted by atomic mass is 32.1. The van der Waals surface area contributed by atoms with E-state index >= 15 is 0 Å². The van der Waals surface area contributed by atoms with Crippen LogP contribution in [0.4, 0.5) is 5.69 Å². The predicted molar refractivity (Wildman–Crippen MR) is 109 cm³/mol. The number of anilines is 1. The van der Waals surface area contributed by atoms with Gasteiger partial charge in [0.25, 0.3) is 5.91 Å². The van der Waals surface area contributed by atoms with Gasteiger partial charge in [-0.05, 0) is 61.9 Å². The van der Waals surface area contributed by atoms with E-state index in [2.05, 4.69) is 5.32 Å². The highest BCUT2D eigenvalue weighted by molar-refractivity contribution is 7.14. The summed E-state index contributed by atoms with van der Waals surface area (Å²) in [5.74, 6) is -1.21. The Balaban J connectivity index is 1.47. The van der Waals surface area contributed by atoms with Crippen LogP contribution in [-0.4, -0.2) is 42.9 Å². The lowest BCUT2D eigenvalue weighted by molar-refractivity contribution is -0.136. The van der Waals surface area contributed by atoms with Crippen molar-refractivity contribution in [1.29, 1.82) is 0 Å². The molecule has 1 aliphatic rings. The van der Waals surface area contributed by atoms with E-state index in [9.17, 15) is 14.4 Å². The molecule has 0 aliphatic heterocycles. The number of carbonyl (C=O) groups excluding carboxylic acids is 3. The molecule has 148 valence electrons. The number of ether oxygens (including phenoxy) is 1. The van der Waals surface area contributed by atoms with Crippen molar-refractivity contribution < 1.29 is 19.1 Å². The molecule has 0 atom stereocenters. The number of aryl methyl sites for hydroxylation is 4. The van der Waals surface area contributed by atoms with Gasteiger partial charge in [0.2, 0.25) is 5.91 Å². The first-order valence-corrected chi connectivity index (χ1v) is 10.0. The predicted octanol–water partition coefficient (Wildman–Crippen LogP) is 3.11. The zero-order valence-electron chi connectivity index (χ0n) is 16.3. The second-order valence-electron chi connectivity index (χ2n) is 7.11. The van der Waals surface area contributed by atoms with Crippen molar-refractivity contribution in [1.82, 2.24) is 4.90 Å². The summed E-state index contributed by atoms with van der Waals surface area (Å²) in [4.78, 5) is 39.6. The lowest BCUT2D eigenvalue weighted by Crippen LogP contribution is -2.37. The first-order valence-electron chi connectivity index (χ1n) is 9.23. The van der Waals surface area contributed by atoms with Crippen molar-refractivity contribution in [2.75, 3.05) is 25.5 Å². The zero-order valence-corrected chi connectivity index (χ0v) is 17.1. The molecular formula is C21H24N2O4S. The molecule has 7 heteroatoms. The van der Waals surface area contributed by atoms with E-state index in [0.717, 1.165) is 36.1 Å². The van der Waals surface area contributed by atoms with E-state index in [1.54, 1.807) is 0 Å². The number of benzene rings is 1. The van der Waals surface area contributed by atoms with Gasteiger partial charge >= 0.3 is 5.97 Å². The van der Waals surface area contributed by atoms with Crippen molar-refractivity contribution in [3.8, 4) is 0 Å². The quantitative estimate of drug-likeness (QED) is 0.756. The first-order chi connectivity index (χ1) is 13.3. The molecule has 0 radical (unpaired) electrons.